The molecular formula is C32H44F2N4O5Si. The zero-order valence-electron chi connectivity index (χ0n) is 26.5. The fourth-order valence-corrected chi connectivity index (χ4v) is 6.21. The molecule has 0 bridgehead atoms. The number of carbonyl (C=O) groups is 1. The molecule has 1 aromatic carbocycles. The van der Waals surface area contributed by atoms with Crippen molar-refractivity contribution in [2.75, 3.05) is 40.0 Å². The monoisotopic (exact) mass is 630 g/mol. The van der Waals surface area contributed by atoms with Crippen LogP contribution in [0.5, 0.6) is 17.2 Å². The zero-order chi connectivity index (χ0) is 31.6. The van der Waals surface area contributed by atoms with Gasteiger partial charge in [0.1, 0.15) is 28.5 Å². The molecule has 1 aliphatic carbocycles. The second-order valence-electron chi connectivity index (χ2n) is 13.3. The normalized spacial score (nSPS) is 17.8. The molecule has 2 aromatic heterocycles. The number of aromatic nitrogens is 2. The van der Waals surface area contributed by atoms with E-state index in [1.165, 1.54) is 13.2 Å². The maximum Gasteiger partial charge on any atom is 0.387 e. The van der Waals surface area contributed by atoms with E-state index < -0.39 is 20.8 Å². The Morgan fingerprint density at radius 2 is 1.91 bits per heavy atom. The first-order chi connectivity index (χ1) is 20.8. The summed E-state index contributed by atoms with van der Waals surface area (Å²) in [6.07, 6.45) is 6.27. The SMILES string of the molecule is COc1cc(-c2cnc3cc(OC[C@@H]4CCN(CCO[Si](C)(C)C(C)(C)C)C4)ccn23)cc(OC(F)F)c1C(=O)NC1CC1. The summed E-state index contributed by atoms with van der Waals surface area (Å²) in [5.74, 6) is 0.533. The molecule has 1 amide bonds. The second kappa shape index (κ2) is 13.0. The minimum absolute atomic E-state index is 0.0426. The number of nitrogens with zero attached hydrogens (tertiary/aromatic N) is 3. The van der Waals surface area contributed by atoms with Crippen LogP contribution >= 0.6 is 0 Å². The first-order valence-electron chi connectivity index (χ1n) is 15.3. The van der Waals surface area contributed by atoms with Gasteiger partial charge in [0.05, 0.1) is 25.6 Å². The molecule has 1 atom stereocenters. The van der Waals surface area contributed by atoms with Gasteiger partial charge in [-0.25, -0.2) is 4.98 Å². The van der Waals surface area contributed by atoms with E-state index in [-0.39, 0.29) is 28.1 Å². The summed E-state index contributed by atoms with van der Waals surface area (Å²) in [5, 5.41) is 3.03. The van der Waals surface area contributed by atoms with E-state index in [9.17, 15) is 13.6 Å². The molecule has 0 spiro atoms. The quantitative estimate of drug-likeness (QED) is 0.224. The lowest BCUT2D eigenvalue weighted by atomic mass is 10.1. The number of pyridine rings is 1. The Labute approximate surface area is 259 Å². The molecule has 240 valence electrons. The van der Waals surface area contributed by atoms with E-state index in [1.807, 2.05) is 22.7 Å². The number of nitrogens with one attached hydrogen (secondary N) is 1. The molecule has 0 radical (unpaired) electrons. The number of fused-ring (bicyclic) bond motifs is 1. The van der Waals surface area contributed by atoms with Crippen molar-refractivity contribution in [3.05, 3.63) is 42.2 Å². The number of methoxy groups -OCH3 is 1. The van der Waals surface area contributed by atoms with Gasteiger partial charge in [0.25, 0.3) is 5.91 Å². The van der Waals surface area contributed by atoms with Crippen LogP contribution < -0.4 is 19.5 Å². The fraction of sp³-hybridized carbons (Fsp3) is 0.562. The number of ether oxygens (including phenoxy) is 3. The lowest BCUT2D eigenvalue weighted by Crippen LogP contribution is -2.42. The number of amides is 1. The molecular weight excluding hydrogens is 586 g/mol. The summed E-state index contributed by atoms with van der Waals surface area (Å²) in [4.78, 5) is 19.8. The van der Waals surface area contributed by atoms with Gasteiger partial charge in [-0.05, 0) is 62.1 Å². The molecule has 1 saturated carbocycles. The lowest BCUT2D eigenvalue weighted by molar-refractivity contribution is -0.0502. The van der Waals surface area contributed by atoms with Crippen LogP contribution in [0.3, 0.4) is 0 Å². The topological polar surface area (TPSA) is 86.6 Å². The molecule has 2 aliphatic rings. The number of hydrogen-bond donors (Lipinski definition) is 1. The molecule has 3 heterocycles. The van der Waals surface area contributed by atoms with E-state index in [0.717, 1.165) is 45.5 Å². The summed E-state index contributed by atoms with van der Waals surface area (Å²) < 4.78 is 51.3. The summed E-state index contributed by atoms with van der Waals surface area (Å²) >= 11 is 0. The maximum atomic E-state index is 13.4. The highest BCUT2D eigenvalue weighted by Gasteiger charge is 2.37. The number of benzene rings is 1. The number of imidazole rings is 1. The standard InChI is InChI=1S/C32H44F2N4O5Si/c1-32(2,3)44(5,6)42-14-13-37-11-9-21(19-37)20-41-24-10-12-38-25(18-35-28(38)17-24)22-15-26(40-4)29(27(16-22)43-31(33)34)30(39)36-23-7-8-23/h10,12,15-18,21,23,31H,7-9,11,13-14,19-20H2,1-6H3,(H,36,39)/t21-/m1/s1. The Bertz CT molecular complexity index is 1470. The molecule has 1 saturated heterocycles. The maximum absolute atomic E-state index is 13.4. The Hall–Kier alpha value is -3.22. The van der Waals surface area contributed by atoms with Crippen molar-refractivity contribution in [1.82, 2.24) is 19.6 Å². The van der Waals surface area contributed by atoms with Crippen LogP contribution in [0.1, 0.15) is 50.4 Å². The average molecular weight is 631 g/mol. The molecule has 1 aliphatic heterocycles. The minimum Gasteiger partial charge on any atom is -0.496 e. The number of likely N-dealkylation sites (tertiary alicyclic amines) is 1. The van der Waals surface area contributed by atoms with E-state index >= 15 is 0 Å². The third-order valence-corrected chi connectivity index (χ3v) is 13.5. The van der Waals surface area contributed by atoms with Gasteiger partial charge in [-0.2, -0.15) is 8.78 Å². The molecule has 9 nitrogen and oxygen atoms in total. The van der Waals surface area contributed by atoms with E-state index in [4.69, 9.17) is 18.6 Å². The molecule has 3 aromatic rings. The Balaban J connectivity index is 1.23. The van der Waals surface area contributed by atoms with Crippen molar-refractivity contribution in [1.29, 1.82) is 0 Å². The molecule has 0 unspecified atom stereocenters. The lowest BCUT2D eigenvalue weighted by Gasteiger charge is -2.36. The van der Waals surface area contributed by atoms with Crippen molar-refractivity contribution in [2.45, 2.75) is 70.8 Å². The molecule has 5 rings (SSSR count). The number of hydrogen-bond acceptors (Lipinski definition) is 7. The van der Waals surface area contributed by atoms with E-state index in [0.29, 0.717) is 35.2 Å². The molecule has 1 N–H and O–H groups in total. The van der Waals surface area contributed by atoms with E-state index in [1.54, 1.807) is 12.3 Å². The summed E-state index contributed by atoms with van der Waals surface area (Å²) in [7, 11) is -0.346. The zero-order valence-corrected chi connectivity index (χ0v) is 27.5. The van der Waals surface area contributed by atoms with Gasteiger partial charge in [-0.15, -0.1) is 0 Å². The summed E-state index contributed by atoms with van der Waals surface area (Å²) in [6.45, 7) is 12.6. The Morgan fingerprint density at radius 1 is 1.16 bits per heavy atom. The average Bonchev–Trinajstić information content (AvgIpc) is 3.48. The smallest absolute Gasteiger partial charge is 0.387 e. The highest BCUT2D eigenvalue weighted by Crippen LogP contribution is 2.38. The largest absolute Gasteiger partial charge is 0.496 e. The van der Waals surface area contributed by atoms with Crippen molar-refractivity contribution >= 4 is 19.9 Å². The molecule has 2 fully saturated rings. The van der Waals surface area contributed by atoms with Crippen LogP contribution in [0.15, 0.2) is 36.7 Å². The van der Waals surface area contributed by atoms with Crippen molar-refractivity contribution < 1.29 is 32.2 Å². The minimum atomic E-state index is -3.10. The first-order valence-corrected chi connectivity index (χ1v) is 18.2. The van der Waals surface area contributed by atoms with Crippen LogP contribution in [-0.4, -0.2) is 81.1 Å². The number of alkyl halides is 2. The van der Waals surface area contributed by atoms with Crippen LogP contribution in [0.2, 0.25) is 18.1 Å². The van der Waals surface area contributed by atoms with Crippen molar-refractivity contribution in [2.24, 2.45) is 5.92 Å². The summed E-state index contributed by atoms with van der Waals surface area (Å²) in [5.41, 5.74) is 1.73. The number of rotatable bonds is 13. The highest BCUT2D eigenvalue weighted by atomic mass is 28.4. The van der Waals surface area contributed by atoms with Gasteiger partial charge >= 0.3 is 6.61 Å². The highest BCUT2D eigenvalue weighted by molar-refractivity contribution is 6.74. The third-order valence-electron chi connectivity index (χ3n) is 8.95. The van der Waals surface area contributed by atoms with Crippen LogP contribution in [-0.2, 0) is 4.43 Å². The van der Waals surface area contributed by atoms with Gasteiger partial charge in [0.2, 0.25) is 0 Å². The first kappa shape index (κ1) is 32.2. The van der Waals surface area contributed by atoms with Gasteiger partial charge in [0.15, 0.2) is 8.32 Å². The van der Waals surface area contributed by atoms with Crippen molar-refractivity contribution in [3.8, 4) is 28.5 Å². The Kier molecular flexibility index (Phi) is 9.52. The van der Waals surface area contributed by atoms with Gasteiger partial charge in [0, 0.05) is 49.5 Å². The number of carbonyl (C=O) groups excluding carboxylic acids is 1. The van der Waals surface area contributed by atoms with Crippen LogP contribution in [0, 0.1) is 5.92 Å². The van der Waals surface area contributed by atoms with Crippen LogP contribution in [0.25, 0.3) is 16.9 Å². The molecule has 44 heavy (non-hydrogen) atoms. The van der Waals surface area contributed by atoms with Gasteiger partial charge < -0.3 is 28.9 Å². The predicted octanol–water partition coefficient (Wildman–Crippen LogP) is 6.23. The fourth-order valence-electron chi connectivity index (χ4n) is 5.17. The summed E-state index contributed by atoms with van der Waals surface area (Å²) in [6, 6.07) is 6.82. The second-order valence-corrected chi connectivity index (χ2v) is 18.1. The van der Waals surface area contributed by atoms with Crippen molar-refractivity contribution in [3.63, 3.8) is 0 Å². The van der Waals surface area contributed by atoms with Gasteiger partial charge in [-0.1, -0.05) is 20.8 Å². The molecule has 12 heteroatoms. The predicted molar refractivity (Wildman–Crippen MR) is 167 cm³/mol. The van der Waals surface area contributed by atoms with Crippen LogP contribution in [0.4, 0.5) is 8.78 Å². The van der Waals surface area contributed by atoms with E-state index in [2.05, 4.69) is 49.1 Å². The Morgan fingerprint density at radius 3 is 2.59 bits per heavy atom. The van der Waals surface area contributed by atoms with Gasteiger partial charge in [-0.3, -0.25) is 9.20 Å². The third kappa shape index (κ3) is 7.52. The number of halogens is 2.